The van der Waals surface area contributed by atoms with E-state index >= 15 is 0 Å². The molecule has 1 aromatic carbocycles. The number of hydrogen-bond acceptors (Lipinski definition) is 3. The minimum Gasteiger partial charge on any atom is -0.389 e. The number of carbonyl (C=O) groups is 2. The molecule has 2 amide bonds. The summed E-state index contributed by atoms with van der Waals surface area (Å²) in [5.74, 6) is -0.855. The summed E-state index contributed by atoms with van der Waals surface area (Å²) in [6, 6.07) is 6.81. The van der Waals surface area contributed by atoms with E-state index in [0.29, 0.717) is 16.2 Å². The number of anilines is 1. The Labute approximate surface area is 111 Å². The first-order valence-electron chi connectivity index (χ1n) is 5.71. The predicted octanol–water partition coefficient (Wildman–Crippen LogP) is 1.47. The first-order valence-corrected chi connectivity index (χ1v) is 6.12. The first kappa shape index (κ1) is 12.7. The van der Waals surface area contributed by atoms with E-state index in [1.807, 2.05) is 0 Å². The second kappa shape index (κ2) is 4.49. The van der Waals surface area contributed by atoms with Crippen molar-refractivity contribution in [1.82, 2.24) is 0 Å². The number of amides is 2. The number of nitrogens with two attached hydrogens (primary N) is 1. The van der Waals surface area contributed by atoms with Gasteiger partial charge in [-0.1, -0.05) is 26.1 Å². The summed E-state index contributed by atoms with van der Waals surface area (Å²) in [6.07, 6.45) is 0. The molecule has 1 aromatic rings. The van der Waals surface area contributed by atoms with Crippen molar-refractivity contribution in [2.24, 2.45) is 17.6 Å². The molecule has 4 nitrogen and oxygen atoms in total. The van der Waals surface area contributed by atoms with Gasteiger partial charge in [-0.25, -0.2) is 0 Å². The summed E-state index contributed by atoms with van der Waals surface area (Å²) in [6.45, 7) is 3.54. The number of benzene rings is 1. The highest BCUT2D eigenvalue weighted by molar-refractivity contribution is 7.80. The zero-order valence-corrected chi connectivity index (χ0v) is 11.0. The molecule has 2 rings (SSSR count). The molecule has 0 spiro atoms. The summed E-state index contributed by atoms with van der Waals surface area (Å²) in [7, 11) is 0. The van der Waals surface area contributed by atoms with Gasteiger partial charge >= 0.3 is 0 Å². The fraction of sp³-hybridized carbons (Fsp3) is 0.308. The van der Waals surface area contributed by atoms with Crippen LogP contribution in [0.4, 0.5) is 5.69 Å². The molecule has 1 aliphatic rings. The SMILES string of the molecule is CC1C(=O)N(c2ccc(C(N)=S)cc2)C(=O)C1C. The van der Waals surface area contributed by atoms with Gasteiger partial charge in [-0.2, -0.15) is 0 Å². The number of hydrogen-bond donors (Lipinski definition) is 1. The molecule has 2 unspecified atom stereocenters. The molecule has 1 saturated heterocycles. The Morgan fingerprint density at radius 3 is 1.94 bits per heavy atom. The minimum atomic E-state index is -0.271. The molecule has 18 heavy (non-hydrogen) atoms. The molecule has 94 valence electrons. The summed E-state index contributed by atoms with van der Waals surface area (Å²) in [4.78, 5) is 25.5. The Balaban J connectivity index is 2.35. The van der Waals surface area contributed by atoms with Crippen molar-refractivity contribution in [3.63, 3.8) is 0 Å². The van der Waals surface area contributed by atoms with E-state index in [0.717, 1.165) is 0 Å². The third kappa shape index (κ3) is 1.90. The standard InChI is InChI=1S/C13H14N2O2S/c1-7-8(2)13(17)15(12(7)16)10-5-3-9(4-6-10)11(14)18/h3-8H,1-2H3,(H2,14,18). The smallest absolute Gasteiger partial charge is 0.237 e. The Bertz CT molecular complexity index is 504. The average Bonchev–Trinajstić information content (AvgIpc) is 2.54. The van der Waals surface area contributed by atoms with Crippen LogP contribution in [-0.2, 0) is 9.59 Å². The lowest BCUT2D eigenvalue weighted by atomic mass is 10.00. The maximum Gasteiger partial charge on any atom is 0.237 e. The van der Waals surface area contributed by atoms with Crippen LogP contribution in [0.15, 0.2) is 24.3 Å². The number of rotatable bonds is 2. The van der Waals surface area contributed by atoms with E-state index in [9.17, 15) is 9.59 Å². The minimum absolute atomic E-state index is 0.157. The van der Waals surface area contributed by atoms with Gasteiger partial charge in [-0.15, -0.1) is 0 Å². The van der Waals surface area contributed by atoms with Gasteiger partial charge in [0.15, 0.2) is 0 Å². The van der Waals surface area contributed by atoms with Crippen LogP contribution < -0.4 is 10.6 Å². The van der Waals surface area contributed by atoms with Crippen molar-refractivity contribution < 1.29 is 9.59 Å². The fourth-order valence-corrected chi connectivity index (χ4v) is 2.11. The van der Waals surface area contributed by atoms with Gasteiger partial charge in [0.1, 0.15) is 4.99 Å². The summed E-state index contributed by atoms with van der Waals surface area (Å²) < 4.78 is 0. The molecule has 0 bridgehead atoms. The van der Waals surface area contributed by atoms with E-state index in [1.54, 1.807) is 38.1 Å². The molecule has 1 aliphatic heterocycles. The van der Waals surface area contributed by atoms with E-state index < -0.39 is 0 Å². The number of nitrogens with zero attached hydrogens (tertiary/aromatic N) is 1. The number of imide groups is 1. The van der Waals surface area contributed by atoms with E-state index in [4.69, 9.17) is 18.0 Å². The first-order chi connectivity index (χ1) is 8.43. The molecular formula is C13H14N2O2S. The van der Waals surface area contributed by atoms with Crippen LogP contribution in [-0.4, -0.2) is 16.8 Å². The highest BCUT2D eigenvalue weighted by Crippen LogP contribution is 2.30. The normalized spacial score (nSPS) is 23.6. The van der Waals surface area contributed by atoms with Crippen LogP contribution in [0.25, 0.3) is 0 Å². The van der Waals surface area contributed by atoms with Crippen LogP contribution >= 0.6 is 12.2 Å². The second-order valence-electron chi connectivity index (χ2n) is 4.50. The van der Waals surface area contributed by atoms with Crippen molar-refractivity contribution >= 4 is 34.7 Å². The maximum atomic E-state index is 12.0. The molecule has 0 aliphatic carbocycles. The summed E-state index contributed by atoms with van der Waals surface area (Å²) >= 11 is 4.85. The number of carbonyl (C=O) groups excluding carboxylic acids is 2. The van der Waals surface area contributed by atoms with E-state index in [1.165, 1.54) is 4.90 Å². The zero-order valence-electron chi connectivity index (χ0n) is 10.2. The number of thiocarbonyl (C=S) groups is 1. The third-order valence-electron chi connectivity index (χ3n) is 3.38. The fourth-order valence-electron chi connectivity index (χ4n) is 1.97. The topological polar surface area (TPSA) is 63.4 Å². The van der Waals surface area contributed by atoms with Gasteiger partial charge in [0.2, 0.25) is 11.8 Å². The van der Waals surface area contributed by atoms with E-state index in [-0.39, 0.29) is 23.7 Å². The molecule has 1 fully saturated rings. The lowest BCUT2D eigenvalue weighted by molar-refractivity contribution is -0.122. The summed E-state index contributed by atoms with van der Waals surface area (Å²) in [5.41, 5.74) is 6.79. The Morgan fingerprint density at radius 1 is 1.11 bits per heavy atom. The molecule has 1 heterocycles. The van der Waals surface area contributed by atoms with Crippen LogP contribution in [0.1, 0.15) is 19.4 Å². The van der Waals surface area contributed by atoms with E-state index in [2.05, 4.69) is 0 Å². The molecule has 0 saturated carbocycles. The van der Waals surface area contributed by atoms with Gasteiger partial charge in [0, 0.05) is 17.4 Å². The highest BCUT2D eigenvalue weighted by Gasteiger charge is 2.42. The van der Waals surface area contributed by atoms with Gasteiger partial charge in [-0.3, -0.25) is 14.5 Å². The molecular weight excluding hydrogens is 248 g/mol. The highest BCUT2D eigenvalue weighted by atomic mass is 32.1. The van der Waals surface area contributed by atoms with Crippen LogP contribution in [0.2, 0.25) is 0 Å². The monoisotopic (exact) mass is 262 g/mol. The second-order valence-corrected chi connectivity index (χ2v) is 4.94. The van der Waals surface area contributed by atoms with Crippen molar-refractivity contribution in [2.45, 2.75) is 13.8 Å². The van der Waals surface area contributed by atoms with Crippen LogP contribution in [0, 0.1) is 11.8 Å². The Kier molecular flexibility index (Phi) is 3.17. The predicted molar refractivity (Wildman–Crippen MR) is 73.2 cm³/mol. The maximum absolute atomic E-state index is 12.0. The third-order valence-corrected chi connectivity index (χ3v) is 3.62. The Morgan fingerprint density at radius 2 is 1.56 bits per heavy atom. The lowest BCUT2D eigenvalue weighted by Crippen LogP contribution is -2.30. The van der Waals surface area contributed by atoms with Crippen molar-refractivity contribution in [3.05, 3.63) is 29.8 Å². The largest absolute Gasteiger partial charge is 0.389 e. The molecule has 2 N–H and O–H groups in total. The Hall–Kier alpha value is -1.75. The van der Waals surface area contributed by atoms with Crippen molar-refractivity contribution in [1.29, 1.82) is 0 Å². The molecule has 2 atom stereocenters. The average molecular weight is 262 g/mol. The van der Waals surface area contributed by atoms with Gasteiger partial charge in [0.05, 0.1) is 5.69 Å². The molecule has 0 radical (unpaired) electrons. The quantitative estimate of drug-likeness (QED) is 0.647. The lowest BCUT2D eigenvalue weighted by Gasteiger charge is -2.14. The summed E-state index contributed by atoms with van der Waals surface area (Å²) in [5, 5.41) is 0. The van der Waals surface area contributed by atoms with Gasteiger partial charge in [0.25, 0.3) is 0 Å². The molecule has 0 aromatic heterocycles. The van der Waals surface area contributed by atoms with Crippen molar-refractivity contribution in [3.8, 4) is 0 Å². The van der Waals surface area contributed by atoms with Crippen LogP contribution in [0.5, 0.6) is 0 Å². The van der Waals surface area contributed by atoms with Gasteiger partial charge in [-0.05, 0) is 24.3 Å². The van der Waals surface area contributed by atoms with Crippen molar-refractivity contribution in [2.75, 3.05) is 4.90 Å². The molecule has 5 heteroatoms. The van der Waals surface area contributed by atoms with Crippen LogP contribution in [0.3, 0.4) is 0 Å². The van der Waals surface area contributed by atoms with Gasteiger partial charge < -0.3 is 5.73 Å². The zero-order chi connectivity index (χ0) is 13.4.